The van der Waals surface area contributed by atoms with Crippen LogP contribution >= 0.6 is 0 Å². The van der Waals surface area contributed by atoms with Crippen molar-refractivity contribution in [1.82, 2.24) is 9.80 Å². The zero-order chi connectivity index (χ0) is 17.2. The molecule has 25 heavy (non-hydrogen) atoms. The molecule has 0 aromatic heterocycles. The van der Waals surface area contributed by atoms with Gasteiger partial charge in [0.1, 0.15) is 5.78 Å². The van der Waals surface area contributed by atoms with Gasteiger partial charge in [0.2, 0.25) is 5.91 Å². The summed E-state index contributed by atoms with van der Waals surface area (Å²) in [6.07, 6.45) is 3.36. The number of rotatable bonds is 5. The average molecular weight is 342 g/mol. The van der Waals surface area contributed by atoms with Gasteiger partial charge in [0.15, 0.2) is 0 Å². The van der Waals surface area contributed by atoms with E-state index in [2.05, 4.69) is 17.0 Å². The summed E-state index contributed by atoms with van der Waals surface area (Å²) in [7, 11) is 0. The zero-order valence-corrected chi connectivity index (χ0v) is 14.7. The van der Waals surface area contributed by atoms with E-state index in [1.54, 1.807) is 0 Å². The summed E-state index contributed by atoms with van der Waals surface area (Å²) in [5.74, 6) is 0.866. The standard InChI is InChI=1S/C20H26N2O3/c23-18(16-5-6-16)14-21-8-10-22(11-9-21)20(24)13-19-17-4-2-1-3-15(17)7-12-25-19/h1-4,16,19H,5-14H2/t19-/m1/s1. The van der Waals surface area contributed by atoms with E-state index in [0.717, 1.165) is 37.9 Å². The minimum Gasteiger partial charge on any atom is -0.373 e. The molecule has 134 valence electrons. The van der Waals surface area contributed by atoms with Crippen molar-refractivity contribution in [1.29, 1.82) is 0 Å². The molecular formula is C20H26N2O3. The fraction of sp³-hybridized carbons (Fsp3) is 0.600. The van der Waals surface area contributed by atoms with Gasteiger partial charge in [-0.15, -0.1) is 0 Å². The molecule has 1 atom stereocenters. The number of nitrogens with zero attached hydrogens (tertiary/aromatic N) is 2. The van der Waals surface area contributed by atoms with Crippen LogP contribution in [-0.2, 0) is 20.7 Å². The normalized spacial score (nSPS) is 24.0. The Bertz CT molecular complexity index is 648. The van der Waals surface area contributed by atoms with Crippen molar-refractivity contribution in [2.24, 2.45) is 5.92 Å². The van der Waals surface area contributed by atoms with Crippen LogP contribution in [0.5, 0.6) is 0 Å². The molecule has 2 fully saturated rings. The van der Waals surface area contributed by atoms with Crippen LogP contribution in [0, 0.1) is 5.92 Å². The van der Waals surface area contributed by atoms with Crippen LogP contribution in [0.25, 0.3) is 0 Å². The van der Waals surface area contributed by atoms with E-state index in [4.69, 9.17) is 4.74 Å². The van der Waals surface area contributed by atoms with E-state index in [-0.39, 0.29) is 12.0 Å². The van der Waals surface area contributed by atoms with Gasteiger partial charge in [-0.05, 0) is 30.4 Å². The van der Waals surface area contributed by atoms with Gasteiger partial charge >= 0.3 is 0 Å². The first kappa shape index (κ1) is 16.7. The number of carbonyl (C=O) groups excluding carboxylic acids is 2. The molecule has 1 saturated carbocycles. The quantitative estimate of drug-likeness (QED) is 0.819. The Kier molecular flexibility index (Phi) is 4.86. The van der Waals surface area contributed by atoms with Gasteiger partial charge in [-0.2, -0.15) is 0 Å². The number of hydrogen-bond acceptors (Lipinski definition) is 4. The summed E-state index contributed by atoms with van der Waals surface area (Å²) in [6, 6.07) is 8.27. The average Bonchev–Trinajstić information content (AvgIpc) is 3.48. The Hall–Kier alpha value is -1.72. The first-order valence-corrected chi connectivity index (χ1v) is 9.43. The van der Waals surface area contributed by atoms with Crippen LogP contribution in [0.4, 0.5) is 0 Å². The second-order valence-electron chi connectivity index (χ2n) is 7.41. The van der Waals surface area contributed by atoms with E-state index >= 15 is 0 Å². The van der Waals surface area contributed by atoms with Crippen LogP contribution in [0.15, 0.2) is 24.3 Å². The Morgan fingerprint density at radius 1 is 1.08 bits per heavy atom. The van der Waals surface area contributed by atoms with Crippen molar-refractivity contribution in [2.45, 2.75) is 31.8 Å². The molecule has 2 aliphatic heterocycles. The number of ether oxygens (including phenoxy) is 1. The van der Waals surface area contributed by atoms with Crippen molar-refractivity contribution in [2.75, 3.05) is 39.3 Å². The number of carbonyl (C=O) groups is 2. The minimum atomic E-state index is -0.119. The van der Waals surface area contributed by atoms with E-state index in [0.29, 0.717) is 44.4 Å². The van der Waals surface area contributed by atoms with E-state index in [9.17, 15) is 9.59 Å². The molecule has 4 rings (SSSR count). The lowest BCUT2D eigenvalue weighted by atomic mass is 9.95. The fourth-order valence-electron chi connectivity index (χ4n) is 3.84. The zero-order valence-electron chi connectivity index (χ0n) is 14.7. The van der Waals surface area contributed by atoms with Crippen molar-refractivity contribution >= 4 is 11.7 Å². The van der Waals surface area contributed by atoms with Gasteiger partial charge in [0.05, 0.1) is 25.7 Å². The highest BCUT2D eigenvalue weighted by Gasteiger charge is 2.32. The molecule has 0 radical (unpaired) electrons. The Morgan fingerprint density at radius 2 is 1.84 bits per heavy atom. The molecular weight excluding hydrogens is 316 g/mol. The maximum absolute atomic E-state index is 12.7. The molecule has 1 saturated heterocycles. The third-order valence-electron chi connectivity index (χ3n) is 5.59. The highest BCUT2D eigenvalue weighted by Crippen LogP contribution is 2.31. The number of piperazine rings is 1. The first-order chi connectivity index (χ1) is 12.2. The predicted molar refractivity (Wildman–Crippen MR) is 94.2 cm³/mol. The summed E-state index contributed by atoms with van der Waals surface area (Å²) < 4.78 is 5.87. The Labute approximate surface area is 148 Å². The van der Waals surface area contributed by atoms with Gasteiger partial charge in [0, 0.05) is 32.1 Å². The van der Waals surface area contributed by atoms with Gasteiger partial charge < -0.3 is 9.64 Å². The van der Waals surface area contributed by atoms with Gasteiger partial charge in [-0.25, -0.2) is 0 Å². The molecule has 5 nitrogen and oxygen atoms in total. The third-order valence-corrected chi connectivity index (χ3v) is 5.59. The second kappa shape index (κ2) is 7.26. The van der Waals surface area contributed by atoms with E-state index < -0.39 is 0 Å². The number of fused-ring (bicyclic) bond motifs is 1. The summed E-state index contributed by atoms with van der Waals surface area (Å²) in [6.45, 7) is 4.27. The number of benzene rings is 1. The monoisotopic (exact) mass is 342 g/mol. The summed E-state index contributed by atoms with van der Waals surface area (Å²) in [4.78, 5) is 28.7. The van der Waals surface area contributed by atoms with Crippen molar-refractivity contribution in [3.8, 4) is 0 Å². The molecule has 3 aliphatic rings. The summed E-state index contributed by atoms with van der Waals surface area (Å²) in [5.41, 5.74) is 2.46. The number of hydrogen-bond donors (Lipinski definition) is 0. The van der Waals surface area contributed by atoms with Crippen molar-refractivity contribution in [3.05, 3.63) is 35.4 Å². The fourth-order valence-corrected chi connectivity index (χ4v) is 3.84. The maximum atomic E-state index is 12.7. The predicted octanol–water partition coefficient (Wildman–Crippen LogP) is 1.81. The molecule has 0 N–H and O–H groups in total. The number of amides is 1. The largest absolute Gasteiger partial charge is 0.373 e. The molecule has 1 aromatic rings. The maximum Gasteiger partial charge on any atom is 0.225 e. The smallest absolute Gasteiger partial charge is 0.225 e. The van der Waals surface area contributed by atoms with Gasteiger partial charge in [0.25, 0.3) is 0 Å². The molecule has 1 aliphatic carbocycles. The van der Waals surface area contributed by atoms with Crippen LogP contribution in [0.1, 0.15) is 36.5 Å². The van der Waals surface area contributed by atoms with Crippen LogP contribution in [0.3, 0.4) is 0 Å². The highest BCUT2D eigenvalue weighted by atomic mass is 16.5. The van der Waals surface area contributed by atoms with Crippen molar-refractivity contribution < 1.29 is 14.3 Å². The molecule has 0 bridgehead atoms. The SMILES string of the molecule is O=C(CN1CCN(C(=O)C[C@H]2OCCc3ccccc32)CC1)C1CC1. The lowest BCUT2D eigenvalue weighted by Crippen LogP contribution is -2.50. The minimum absolute atomic E-state index is 0.119. The molecule has 1 amide bonds. The summed E-state index contributed by atoms with van der Waals surface area (Å²) >= 11 is 0. The Morgan fingerprint density at radius 3 is 2.60 bits per heavy atom. The molecule has 0 spiro atoms. The third kappa shape index (κ3) is 3.93. The summed E-state index contributed by atoms with van der Waals surface area (Å²) in [5, 5.41) is 0. The number of Topliss-reactive ketones (excluding diaryl/α,β-unsaturated/α-hetero) is 1. The van der Waals surface area contributed by atoms with Crippen LogP contribution in [0.2, 0.25) is 0 Å². The molecule has 5 heteroatoms. The molecule has 1 aromatic carbocycles. The number of ketones is 1. The molecule has 2 heterocycles. The second-order valence-corrected chi connectivity index (χ2v) is 7.41. The topological polar surface area (TPSA) is 49.9 Å². The van der Waals surface area contributed by atoms with Gasteiger partial charge in [-0.1, -0.05) is 24.3 Å². The molecule has 0 unspecified atom stereocenters. The van der Waals surface area contributed by atoms with Crippen molar-refractivity contribution in [3.63, 3.8) is 0 Å². The lowest BCUT2D eigenvalue weighted by Gasteiger charge is -2.35. The van der Waals surface area contributed by atoms with E-state index in [1.807, 2.05) is 17.0 Å². The first-order valence-electron chi connectivity index (χ1n) is 9.43. The lowest BCUT2D eigenvalue weighted by molar-refractivity contribution is -0.136. The van der Waals surface area contributed by atoms with Crippen LogP contribution < -0.4 is 0 Å². The highest BCUT2D eigenvalue weighted by molar-refractivity contribution is 5.85. The van der Waals surface area contributed by atoms with Crippen LogP contribution in [-0.4, -0.2) is 60.8 Å². The van der Waals surface area contributed by atoms with Gasteiger partial charge in [-0.3, -0.25) is 14.5 Å². The Balaban J connectivity index is 1.29. The van der Waals surface area contributed by atoms with E-state index in [1.165, 1.54) is 5.56 Å².